The quantitative estimate of drug-likeness (QED) is 0.831. The van der Waals surface area contributed by atoms with Crippen LogP contribution in [0.3, 0.4) is 0 Å². The summed E-state index contributed by atoms with van der Waals surface area (Å²) < 4.78 is 15.7. The van der Waals surface area contributed by atoms with E-state index in [1.807, 2.05) is 0 Å². The standard InChI is InChI=1S/C21H22ClFN4O2/c22-15-2-1-3-16(23)14(15)11-26-6-7-27-19(21(26)29)10-18(25-27)20(28)24-17-9-12-4-5-13(17)8-12/h1-3,10,12-13,17H,4-9,11H2,(H,24,28)/t12-,13-,17-/m0/s1. The highest BCUT2D eigenvalue weighted by molar-refractivity contribution is 6.31. The third-order valence-electron chi connectivity index (χ3n) is 6.57. The largest absolute Gasteiger partial charge is 0.348 e. The molecule has 1 aromatic heterocycles. The number of hydrogen-bond donors (Lipinski definition) is 1. The van der Waals surface area contributed by atoms with Gasteiger partial charge in [-0.3, -0.25) is 14.3 Å². The van der Waals surface area contributed by atoms with Gasteiger partial charge in [-0.05, 0) is 43.2 Å². The van der Waals surface area contributed by atoms with Gasteiger partial charge in [-0.1, -0.05) is 24.1 Å². The molecule has 2 heterocycles. The number of hydrogen-bond acceptors (Lipinski definition) is 3. The second-order valence-corrected chi connectivity index (χ2v) is 8.73. The number of amides is 2. The molecule has 2 amide bonds. The molecule has 152 valence electrons. The molecule has 29 heavy (non-hydrogen) atoms. The molecule has 2 saturated carbocycles. The van der Waals surface area contributed by atoms with Crippen LogP contribution in [0, 0.1) is 17.7 Å². The second kappa shape index (κ2) is 7.13. The van der Waals surface area contributed by atoms with Gasteiger partial charge in [-0.25, -0.2) is 4.39 Å². The summed E-state index contributed by atoms with van der Waals surface area (Å²) in [4.78, 5) is 27.1. The first kappa shape index (κ1) is 18.6. The molecule has 1 aliphatic heterocycles. The molecule has 3 aliphatic rings. The van der Waals surface area contributed by atoms with Gasteiger partial charge in [0.25, 0.3) is 11.8 Å². The molecule has 6 nitrogen and oxygen atoms in total. The lowest BCUT2D eigenvalue weighted by atomic mass is 9.95. The lowest BCUT2D eigenvalue weighted by molar-refractivity contribution is 0.0681. The summed E-state index contributed by atoms with van der Waals surface area (Å²) in [6.45, 7) is 0.919. The minimum atomic E-state index is -0.435. The van der Waals surface area contributed by atoms with Crippen LogP contribution in [-0.4, -0.2) is 39.1 Å². The summed E-state index contributed by atoms with van der Waals surface area (Å²) in [5.41, 5.74) is 0.911. The van der Waals surface area contributed by atoms with Crippen molar-refractivity contribution in [2.45, 2.75) is 44.8 Å². The Balaban J connectivity index is 1.31. The van der Waals surface area contributed by atoms with Crippen LogP contribution in [0.25, 0.3) is 0 Å². The smallest absolute Gasteiger partial charge is 0.272 e. The average Bonchev–Trinajstić information content (AvgIpc) is 3.42. The predicted molar refractivity (Wildman–Crippen MR) is 105 cm³/mol. The molecule has 1 N–H and O–H groups in total. The molecule has 8 heteroatoms. The maximum absolute atomic E-state index is 14.1. The lowest BCUT2D eigenvalue weighted by Crippen LogP contribution is -2.40. The van der Waals surface area contributed by atoms with Crippen molar-refractivity contribution in [1.82, 2.24) is 20.0 Å². The van der Waals surface area contributed by atoms with E-state index in [0.29, 0.717) is 35.3 Å². The van der Waals surface area contributed by atoms with Crippen molar-refractivity contribution < 1.29 is 14.0 Å². The number of benzene rings is 1. The average molecular weight is 417 g/mol. The van der Waals surface area contributed by atoms with Crippen LogP contribution in [-0.2, 0) is 13.1 Å². The lowest BCUT2D eigenvalue weighted by Gasteiger charge is -2.27. The van der Waals surface area contributed by atoms with Crippen LogP contribution in [0.5, 0.6) is 0 Å². The van der Waals surface area contributed by atoms with E-state index in [4.69, 9.17) is 11.6 Å². The maximum Gasteiger partial charge on any atom is 0.272 e. The number of halogens is 2. The Morgan fingerprint density at radius 3 is 2.86 bits per heavy atom. The van der Waals surface area contributed by atoms with E-state index in [1.165, 1.54) is 31.4 Å². The van der Waals surface area contributed by atoms with E-state index < -0.39 is 5.82 Å². The van der Waals surface area contributed by atoms with E-state index >= 15 is 0 Å². The summed E-state index contributed by atoms with van der Waals surface area (Å²) in [6.07, 6.45) is 4.70. The van der Waals surface area contributed by atoms with Crippen molar-refractivity contribution >= 4 is 23.4 Å². The van der Waals surface area contributed by atoms with Gasteiger partial charge in [0.15, 0.2) is 5.69 Å². The van der Waals surface area contributed by atoms with E-state index in [0.717, 1.165) is 12.3 Å². The summed E-state index contributed by atoms with van der Waals surface area (Å²) in [5, 5.41) is 7.74. The van der Waals surface area contributed by atoms with E-state index in [1.54, 1.807) is 21.7 Å². The monoisotopic (exact) mass is 416 g/mol. The molecule has 2 aliphatic carbocycles. The Morgan fingerprint density at radius 2 is 2.14 bits per heavy atom. The molecule has 0 spiro atoms. The SMILES string of the molecule is O=C(N[C@H]1C[C@H]2CC[C@H]1C2)c1cc2n(n1)CCN(Cc1c(F)cccc1Cl)C2=O. The molecule has 0 radical (unpaired) electrons. The minimum Gasteiger partial charge on any atom is -0.348 e. The molecule has 2 aromatic rings. The van der Waals surface area contributed by atoms with E-state index in [2.05, 4.69) is 10.4 Å². The third kappa shape index (κ3) is 3.31. The first-order valence-corrected chi connectivity index (χ1v) is 10.5. The van der Waals surface area contributed by atoms with Gasteiger partial charge in [-0.2, -0.15) is 5.10 Å². The topological polar surface area (TPSA) is 67.2 Å². The Labute approximate surface area is 173 Å². The van der Waals surface area contributed by atoms with E-state index in [9.17, 15) is 14.0 Å². The summed E-state index contributed by atoms with van der Waals surface area (Å²) in [6, 6.07) is 6.24. The molecule has 1 aromatic carbocycles. The molecule has 2 bridgehead atoms. The zero-order valence-corrected chi connectivity index (χ0v) is 16.7. The van der Waals surface area contributed by atoms with Crippen molar-refractivity contribution in [1.29, 1.82) is 0 Å². The first-order valence-electron chi connectivity index (χ1n) is 10.1. The molecule has 0 unspecified atom stereocenters. The highest BCUT2D eigenvalue weighted by Crippen LogP contribution is 2.44. The molecule has 3 atom stereocenters. The van der Waals surface area contributed by atoms with Crippen molar-refractivity contribution in [3.05, 3.63) is 52.1 Å². The second-order valence-electron chi connectivity index (χ2n) is 8.32. The van der Waals surface area contributed by atoms with Crippen LogP contribution in [0.15, 0.2) is 24.3 Å². The normalized spacial score (nSPS) is 25.4. The van der Waals surface area contributed by atoms with Gasteiger partial charge < -0.3 is 10.2 Å². The van der Waals surface area contributed by atoms with Crippen LogP contribution in [0.1, 0.15) is 52.2 Å². The van der Waals surface area contributed by atoms with Crippen molar-refractivity contribution in [3.63, 3.8) is 0 Å². The van der Waals surface area contributed by atoms with Gasteiger partial charge in [0.05, 0.1) is 13.1 Å². The molecule has 2 fully saturated rings. The number of rotatable bonds is 4. The van der Waals surface area contributed by atoms with Crippen LogP contribution in [0.4, 0.5) is 4.39 Å². The fourth-order valence-corrected chi connectivity index (χ4v) is 5.26. The Bertz CT molecular complexity index is 971. The van der Waals surface area contributed by atoms with Gasteiger partial charge in [0, 0.05) is 29.2 Å². The summed E-state index contributed by atoms with van der Waals surface area (Å²) >= 11 is 6.10. The number of fused-ring (bicyclic) bond motifs is 3. The minimum absolute atomic E-state index is 0.0855. The summed E-state index contributed by atoms with van der Waals surface area (Å²) in [7, 11) is 0. The highest BCUT2D eigenvalue weighted by Gasteiger charge is 2.40. The molecule has 0 saturated heterocycles. The Kier molecular flexibility index (Phi) is 4.57. The van der Waals surface area contributed by atoms with Crippen LogP contribution < -0.4 is 5.32 Å². The highest BCUT2D eigenvalue weighted by atomic mass is 35.5. The van der Waals surface area contributed by atoms with Crippen LogP contribution in [0.2, 0.25) is 5.02 Å². The maximum atomic E-state index is 14.1. The zero-order valence-electron chi connectivity index (χ0n) is 15.9. The predicted octanol–water partition coefficient (Wildman–Crippen LogP) is 3.25. The fraction of sp³-hybridized carbons (Fsp3) is 0.476. The molecule has 5 rings (SSSR count). The molecular weight excluding hydrogens is 395 g/mol. The fourth-order valence-electron chi connectivity index (χ4n) is 5.04. The van der Waals surface area contributed by atoms with Crippen molar-refractivity contribution in [3.8, 4) is 0 Å². The van der Waals surface area contributed by atoms with Crippen LogP contribution >= 0.6 is 11.6 Å². The van der Waals surface area contributed by atoms with E-state index in [-0.39, 0.29) is 30.1 Å². The van der Waals surface area contributed by atoms with Gasteiger partial charge in [0.1, 0.15) is 11.5 Å². The van der Waals surface area contributed by atoms with Crippen molar-refractivity contribution in [2.75, 3.05) is 6.54 Å². The number of aromatic nitrogens is 2. The summed E-state index contributed by atoms with van der Waals surface area (Å²) in [5.74, 6) is 0.378. The first-order chi connectivity index (χ1) is 14.0. The van der Waals surface area contributed by atoms with Crippen molar-refractivity contribution in [2.24, 2.45) is 11.8 Å². The van der Waals surface area contributed by atoms with Gasteiger partial charge in [-0.15, -0.1) is 0 Å². The number of carbonyl (C=O) groups is 2. The zero-order chi connectivity index (χ0) is 20.1. The third-order valence-corrected chi connectivity index (χ3v) is 6.92. The molecular formula is C21H22ClFN4O2. The number of nitrogens with one attached hydrogen (secondary N) is 1. The Hall–Kier alpha value is -2.41. The van der Waals surface area contributed by atoms with Gasteiger partial charge in [0.2, 0.25) is 0 Å². The Morgan fingerprint density at radius 1 is 1.28 bits per heavy atom. The number of nitrogens with zero attached hydrogens (tertiary/aromatic N) is 3. The van der Waals surface area contributed by atoms with Gasteiger partial charge >= 0.3 is 0 Å². The number of carbonyl (C=O) groups excluding carboxylic acids is 2.